The molecule has 0 spiro atoms. The number of oxazole rings is 1. The second-order valence-electron chi connectivity index (χ2n) is 6.16. The molecule has 0 amide bonds. The maximum atomic E-state index is 5.48. The van der Waals surface area contributed by atoms with Gasteiger partial charge in [-0.1, -0.05) is 26.0 Å². The van der Waals surface area contributed by atoms with Crippen LogP contribution >= 0.6 is 0 Å². The van der Waals surface area contributed by atoms with Crippen molar-refractivity contribution in [2.24, 2.45) is 0 Å². The van der Waals surface area contributed by atoms with E-state index in [4.69, 9.17) is 4.42 Å². The van der Waals surface area contributed by atoms with E-state index in [2.05, 4.69) is 59.8 Å². The summed E-state index contributed by atoms with van der Waals surface area (Å²) in [5.41, 5.74) is 4.29. The molecule has 22 heavy (non-hydrogen) atoms. The minimum absolute atomic E-state index is 0.317. The van der Waals surface area contributed by atoms with Crippen LogP contribution in [0.25, 0.3) is 11.0 Å². The lowest BCUT2D eigenvalue weighted by atomic mass is 10.2. The first-order valence-electron chi connectivity index (χ1n) is 7.60. The lowest BCUT2D eigenvalue weighted by Gasteiger charge is -2.12. The molecule has 0 saturated heterocycles. The Morgan fingerprint density at radius 2 is 2.05 bits per heavy atom. The third-order valence-corrected chi connectivity index (χ3v) is 3.68. The fraction of sp³-hybridized carbons (Fsp3) is 0.412. The number of hydrogen-bond acceptors (Lipinski definition) is 4. The van der Waals surface area contributed by atoms with E-state index >= 15 is 0 Å². The maximum absolute atomic E-state index is 5.48. The number of nitrogens with one attached hydrogen (secondary N) is 1. The summed E-state index contributed by atoms with van der Waals surface area (Å²) >= 11 is 0. The number of benzene rings is 1. The lowest BCUT2D eigenvalue weighted by Crippen LogP contribution is -2.18. The molecule has 2 aromatic heterocycles. The van der Waals surface area contributed by atoms with E-state index in [1.54, 1.807) is 6.26 Å². The Balaban J connectivity index is 1.69. The van der Waals surface area contributed by atoms with Gasteiger partial charge in [-0.2, -0.15) is 0 Å². The van der Waals surface area contributed by atoms with E-state index in [0.717, 1.165) is 41.5 Å². The SMILES string of the molecule is Cc1cccc2[nH]c(CN(C)Cc3coc(C(C)C)n3)nc12. The second-order valence-corrected chi connectivity index (χ2v) is 6.16. The fourth-order valence-electron chi connectivity index (χ4n) is 2.55. The normalized spacial score (nSPS) is 11.9. The molecule has 0 bridgehead atoms. The standard InChI is InChI=1S/C17H22N4O/c1-11(2)17-18-13(10-22-17)8-21(4)9-15-19-14-7-5-6-12(3)16(14)20-15/h5-7,10-11H,8-9H2,1-4H3,(H,19,20). The molecule has 2 heterocycles. The van der Waals surface area contributed by atoms with Crippen LogP contribution in [0.15, 0.2) is 28.9 Å². The van der Waals surface area contributed by atoms with Crippen molar-refractivity contribution in [1.29, 1.82) is 0 Å². The highest BCUT2D eigenvalue weighted by atomic mass is 16.3. The molecule has 0 atom stereocenters. The predicted octanol–water partition coefficient (Wildman–Crippen LogP) is 3.61. The smallest absolute Gasteiger partial charge is 0.196 e. The van der Waals surface area contributed by atoms with Gasteiger partial charge in [0.05, 0.1) is 23.3 Å². The van der Waals surface area contributed by atoms with Crippen LogP contribution in [0.3, 0.4) is 0 Å². The third-order valence-electron chi connectivity index (χ3n) is 3.68. The summed E-state index contributed by atoms with van der Waals surface area (Å²) in [6, 6.07) is 6.19. The van der Waals surface area contributed by atoms with Crippen molar-refractivity contribution in [3.63, 3.8) is 0 Å². The van der Waals surface area contributed by atoms with Gasteiger partial charge in [0.25, 0.3) is 0 Å². The molecule has 0 radical (unpaired) electrons. The molecule has 0 aliphatic carbocycles. The van der Waals surface area contributed by atoms with Crippen molar-refractivity contribution in [2.45, 2.75) is 39.8 Å². The first-order chi connectivity index (χ1) is 10.5. The van der Waals surface area contributed by atoms with Crippen LogP contribution < -0.4 is 0 Å². The van der Waals surface area contributed by atoms with Crippen LogP contribution in [0.2, 0.25) is 0 Å². The Hall–Kier alpha value is -2.14. The van der Waals surface area contributed by atoms with Crippen molar-refractivity contribution < 1.29 is 4.42 Å². The van der Waals surface area contributed by atoms with Gasteiger partial charge < -0.3 is 9.40 Å². The highest BCUT2D eigenvalue weighted by molar-refractivity contribution is 5.78. The van der Waals surface area contributed by atoms with Crippen LogP contribution in [0.5, 0.6) is 0 Å². The van der Waals surface area contributed by atoms with Gasteiger partial charge in [-0.15, -0.1) is 0 Å². The van der Waals surface area contributed by atoms with Gasteiger partial charge >= 0.3 is 0 Å². The number of aromatic amines is 1. The van der Waals surface area contributed by atoms with Crippen molar-refractivity contribution in [1.82, 2.24) is 19.9 Å². The quantitative estimate of drug-likeness (QED) is 0.781. The van der Waals surface area contributed by atoms with Gasteiger partial charge in [0, 0.05) is 12.5 Å². The van der Waals surface area contributed by atoms with Crippen LogP contribution in [-0.4, -0.2) is 26.9 Å². The highest BCUT2D eigenvalue weighted by Crippen LogP contribution is 2.17. The Morgan fingerprint density at radius 1 is 1.23 bits per heavy atom. The average Bonchev–Trinajstić information content (AvgIpc) is 3.06. The Morgan fingerprint density at radius 3 is 2.73 bits per heavy atom. The number of nitrogens with zero attached hydrogens (tertiary/aromatic N) is 3. The van der Waals surface area contributed by atoms with Gasteiger partial charge in [-0.3, -0.25) is 4.90 Å². The van der Waals surface area contributed by atoms with Crippen molar-refractivity contribution in [3.8, 4) is 0 Å². The molecule has 0 saturated carbocycles. The molecule has 1 N–H and O–H groups in total. The second kappa shape index (κ2) is 5.93. The highest BCUT2D eigenvalue weighted by Gasteiger charge is 2.11. The fourth-order valence-corrected chi connectivity index (χ4v) is 2.55. The average molecular weight is 298 g/mol. The van der Waals surface area contributed by atoms with Crippen LogP contribution in [0.1, 0.15) is 42.7 Å². The van der Waals surface area contributed by atoms with Crippen molar-refractivity contribution in [3.05, 3.63) is 47.4 Å². The first-order valence-corrected chi connectivity index (χ1v) is 7.60. The van der Waals surface area contributed by atoms with E-state index in [1.807, 2.05) is 6.07 Å². The van der Waals surface area contributed by atoms with E-state index in [0.29, 0.717) is 5.92 Å². The summed E-state index contributed by atoms with van der Waals surface area (Å²) < 4.78 is 5.48. The summed E-state index contributed by atoms with van der Waals surface area (Å²) in [5, 5.41) is 0. The number of hydrogen-bond donors (Lipinski definition) is 1. The number of para-hydroxylation sites is 1. The Labute approximate surface area is 130 Å². The van der Waals surface area contributed by atoms with Crippen molar-refractivity contribution >= 4 is 11.0 Å². The summed E-state index contributed by atoms with van der Waals surface area (Å²) in [4.78, 5) is 14.8. The largest absolute Gasteiger partial charge is 0.448 e. The molecule has 0 unspecified atom stereocenters. The predicted molar refractivity (Wildman–Crippen MR) is 86.6 cm³/mol. The first kappa shape index (κ1) is 14.8. The summed E-state index contributed by atoms with van der Waals surface area (Å²) in [6.07, 6.45) is 1.74. The number of aromatic nitrogens is 3. The number of rotatable bonds is 5. The molecule has 0 aliphatic heterocycles. The van der Waals surface area contributed by atoms with Crippen LogP contribution in [0, 0.1) is 6.92 Å². The molecule has 0 aliphatic rings. The third kappa shape index (κ3) is 3.04. The number of fused-ring (bicyclic) bond motifs is 1. The molecule has 0 fully saturated rings. The van der Waals surface area contributed by atoms with Gasteiger partial charge in [0.2, 0.25) is 0 Å². The van der Waals surface area contributed by atoms with Gasteiger partial charge in [0.15, 0.2) is 5.89 Å². The van der Waals surface area contributed by atoms with E-state index in [-0.39, 0.29) is 0 Å². The molecular weight excluding hydrogens is 276 g/mol. The van der Waals surface area contributed by atoms with Gasteiger partial charge in [0.1, 0.15) is 12.1 Å². The van der Waals surface area contributed by atoms with E-state index < -0.39 is 0 Å². The minimum atomic E-state index is 0.317. The summed E-state index contributed by atoms with van der Waals surface area (Å²) in [5.74, 6) is 2.08. The Kier molecular flexibility index (Phi) is 3.98. The number of imidazole rings is 1. The van der Waals surface area contributed by atoms with Crippen molar-refractivity contribution in [2.75, 3.05) is 7.05 Å². The topological polar surface area (TPSA) is 58.0 Å². The lowest BCUT2D eigenvalue weighted by molar-refractivity contribution is 0.308. The molecule has 3 rings (SSSR count). The van der Waals surface area contributed by atoms with Gasteiger partial charge in [-0.25, -0.2) is 9.97 Å². The number of H-pyrrole nitrogens is 1. The number of aryl methyl sites for hydroxylation is 1. The summed E-state index contributed by atoms with van der Waals surface area (Å²) in [6.45, 7) is 7.73. The molecule has 3 aromatic rings. The van der Waals surface area contributed by atoms with E-state index in [1.165, 1.54) is 5.56 Å². The van der Waals surface area contributed by atoms with Gasteiger partial charge in [-0.05, 0) is 25.6 Å². The molecule has 5 nitrogen and oxygen atoms in total. The zero-order valence-corrected chi connectivity index (χ0v) is 13.6. The monoisotopic (exact) mass is 298 g/mol. The molecule has 5 heteroatoms. The summed E-state index contributed by atoms with van der Waals surface area (Å²) in [7, 11) is 2.06. The Bertz CT molecular complexity index is 772. The van der Waals surface area contributed by atoms with Crippen LogP contribution in [0.4, 0.5) is 0 Å². The minimum Gasteiger partial charge on any atom is -0.448 e. The van der Waals surface area contributed by atoms with Crippen LogP contribution in [-0.2, 0) is 13.1 Å². The zero-order chi connectivity index (χ0) is 15.7. The molecular formula is C17H22N4O. The zero-order valence-electron chi connectivity index (χ0n) is 13.6. The molecule has 116 valence electrons. The van der Waals surface area contributed by atoms with E-state index in [9.17, 15) is 0 Å². The molecule has 1 aromatic carbocycles. The maximum Gasteiger partial charge on any atom is 0.196 e.